The van der Waals surface area contributed by atoms with Crippen LogP contribution < -0.4 is 5.69 Å². The second kappa shape index (κ2) is 5.60. The highest BCUT2D eigenvalue weighted by Gasteiger charge is 2.36. The quantitative estimate of drug-likeness (QED) is 0.596. The molecule has 1 aromatic rings. The molecule has 1 aliphatic rings. The Balaban J connectivity index is 2.15. The Labute approximate surface area is 119 Å². The average Bonchev–Trinajstić information content (AvgIpc) is 2.41. The molecule has 0 unspecified atom stereocenters. The summed E-state index contributed by atoms with van der Waals surface area (Å²) < 4.78 is 0.999. The number of carbonyl (C=O) groups is 1. The van der Waals surface area contributed by atoms with Gasteiger partial charge in [-0.25, -0.2) is 4.79 Å². The molecule has 2 N–H and O–H groups in total. The zero-order chi connectivity index (χ0) is 15.6. The third-order valence-corrected chi connectivity index (χ3v) is 3.78. The van der Waals surface area contributed by atoms with Crippen LogP contribution in [-0.4, -0.2) is 36.3 Å². The van der Waals surface area contributed by atoms with Crippen molar-refractivity contribution < 1.29 is 19.9 Å². The Hall–Kier alpha value is -2.29. The molecule has 0 saturated heterocycles. The van der Waals surface area contributed by atoms with Crippen molar-refractivity contribution in [2.75, 3.05) is 0 Å². The van der Waals surface area contributed by atoms with Gasteiger partial charge in [0.1, 0.15) is 6.20 Å². The monoisotopic (exact) mass is 297 g/mol. The Morgan fingerprint density at radius 1 is 1.52 bits per heavy atom. The normalized spacial score (nSPS) is 25.5. The highest BCUT2D eigenvalue weighted by atomic mass is 16.6. The van der Waals surface area contributed by atoms with Crippen molar-refractivity contribution in [3.05, 3.63) is 33.0 Å². The number of hydrogen-bond donors (Lipinski definition) is 2. The predicted octanol–water partition coefficient (Wildman–Crippen LogP) is 0.157. The number of aliphatic carboxylic acids is 1. The molecule has 114 valence electrons. The van der Waals surface area contributed by atoms with Crippen molar-refractivity contribution in [1.29, 1.82) is 0 Å². The smallest absolute Gasteiger partial charge is 0.348 e. The average molecular weight is 297 g/mol. The number of aromatic nitrogens is 2. The van der Waals surface area contributed by atoms with Gasteiger partial charge < -0.3 is 10.2 Å². The number of carboxylic acids is 1. The van der Waals surface area contributed by atoms with E-state index in [9.17, 15) is 24.8 Å². The largest absolute Gasteiger partial charge is 0.481 e. The van der Waals surface area contributed by atoms with Gasteiger partial charge in [0.25, 0.3) is 0 Å². The van der Waals surface area contributed by atoms with E-state index in [1.807, 2.05) is 0 Å². The van der Waals surface area contributed by atoms with Gasteiger partial charge in [0.05, 0.1) is 29.2 Å². The minimum Gasteiger partial charge on any atom is -0.481 e. The van der Waals surface area contributed by atoms with Gasteiger partial charge in [-0.1, -0.05) is 0 Å². The summed E-state index contributed by atoms with van der Waals surface area (Å²) in [6, 6.07) is 0. The van der Waals surface area contributed by atoms with E-state index in [2.05, 4.69) is 4.98 Å². The van der Waals surface area contributed by atoms with Gasteiger partial charge in [-0.15, -0.1) is 0 Å². The second-order valence-corrected chi connectivity index (χ2v) is 5.32. The van der Waals surface area contributed by atoms with Crippen LogP contribution >= 0.6 is 0 Å². The zero-order valence-electron chi connectivity index (χ0n) is 11.1. The highest BCUT2D eigenvalue weighted by Crippen LogP contribution is 2.33. The van der Waals surface area contributed by atoms with E-state index in [1.54, 1.807) is 0 Å². The molecule has 2 rings (SSSR count). The summed E-state index contributed by atoms with van der Waals surface area (Å²) in [5.74, 6) is -1.39. The Bertz CT molecular complexity index is 618. The van der Waals surface area contributed by atoms with E-state index in [1.165, 1.54) is 0 Å². The fourth-order valence-electron chi connectivity index (χ4n) is 2.53. The van der Waals surface area contributed by atoms with Crippen LogP contribution in [0.2, 0.25) is 0 Å². The van der Waals surface area contributed by atoms with Crippen molar-refractivity contribution >= 4 is 11.7 Å². The summed E-state index contributed by atoms with van der Waals surface area (Å²) in [7, 11) is 0. The van der Waals surface area contributed by atoms with Crippen molar-refractivity contribution in [3.8, 4) is 0 Å². The summed E-state index contributed by atoms with van der Waals surface area (Å²) >= 11 is 0. The fraction of sp³-hybridized carbons (Fsp3) is 0.583. The third kappa shape index (κ3) is 3.43. The molecule has 0 aliphatic heterocycles. The fourth-order valence-corrected chi connectivity index (χ4v) is 2.53. The first kappa shape index (κ1) is 15.1. The third-order valence-electron chi connectivity index (χ3n) is 3.78. The number of rotatable bonds is 4. The van der Waals surface area contributed by atoms with Crippen LogP contribution in [-0.2, 0) is 11.3 Å². The van der Waals surface area contributed by atoms with Crippen LogP contribution in [0.15, 0.2) is 17.2 Å². The van der Waals surface area contributed by atoms with E-state index in [0.29, 0.717) is 12.8 Å². The van der Waals surface area contributed by atoms with Crippen LogP contribution in [0.3, 0.4) is 0 Å². The minimum absolute atomic E-state index is 0.132. The van der Waals surface area contributed by atoms with Crippen molar-refractivity contribution in [3.63, 3.8) is 0 Å². The lowest BCUT2D eigenvalue weighted by molar-refractivity contribution is -0.385. The summed E-state index contributed by atoms with van der Waals surface area (Å²) in [6.07, 6.45) is 2.96. The van der Waals surface area contributed by atoms with Gasteiger partial charge in [-0.3, -0.25) is 19.5 Å². The Morgan fingerprint density at radius 2 is 2.14 bits per heavy atom. The van der Waals surface area contributed by atoms with Crippen LogP contribution in [0.4, 0.5) is 5.69 Å². The SMILES string of the molecule is O=C(O)C1CCC(O)(Cn2cc([N+](=O)[O-])cnc2=O)CC1. The van der Waals surface area contributed by atoms with Gasteiger partial charge >= 0.3 is 17.3 Å². The number of carboxylic acid groups (broad SMARTS) is 1. The van der Waals surface area contributed by atoms with Gasteiger partial charge in [0.15, 0.2) is 0 Å². The lowest BCUT2D eigenvalue weighted by atomic mass is 9.79. The number of hydrogen-bond acceptors (Lipinski definition) is 6. The number of nitrogens with zero attached hydrogens (tertiary/aromatic N) is 3. The van der Waals surface area contributed by atoms with Crippen molar-refractivity contribution in [1.82, 2.24) is 9.55 Å². The zero-order valence-corrected chi connectivity index (χ0v) is 11.1. The second-order valence-electron chi connectivity index (χ2n) is 5.32. The molecule has 9 nitrogen and oxygen atoms in total. The first-order valence-corrected chi connectivity index (χ1v) is 6.47. The summed E-state index contributed by atoms with van der Waals surface area (Å²) in [5.41, 5.74) is -2.26. The first-order chi connectivity index (χ1) is 9.81. The molecule has 0 aromatic carbocycles. The molecule has 1 heterocycles. The van der Waals surface area contributed by atoms with E-state index in [4.69, 9.17) is 5.11 Å². The molecule has 1 fully saturated rings. The molecule has 1 aromatic heterocycles. The standard InChI is InChI=1S/C12H15N3O6/c16-10(17)8-1-3-12(19,4-2-8)7-14-6-9(15(20)21)5-13-11(14)18/h5-6,8,19H,1-4,7H2,(H,16,17). The van der Waals surface area contributed by atoms with Crippen LogP contribution in [0, 0.1) is 16.0 Å². The molecule has 21 heavy (non-hydrogen) atoms. The maximum atomic E-state index is 11.6. The molecular formula is C12H15N3O6. The molecular weight excluding hydrogens is 282 g/mol. The molecule has 0 amide bonds. The van der Waals surface area contributed by atoms with E-state index >= 15 is 0 Å². The summed E-state index contributed by atoms with van der Waals surface area (Å²) in [5, 5.41) is 30.0. The van der Waals surface area contributed by atoms with Crippen LogP contribution in [0.25, 0.3) is 0 Å². The lowest BCUT2D eigenvalue weighted by Gasteiger charge is -2.34. The van der Waals surface area contributed by atoms with Crippen molar-refractivity contribution in [2.24, 2.45) is 5.92 Å². The van der Waals surface area contributed by atoms with E-state index in [-0.39, 0.29) is 25.1 Å². The van der Waals surface area contributed by atoms with Crippen molar-refractivity contribution in [2.45, 2.75) is 37.8 Å². The molecule has 0 atom stereocenters. The van der Waals surface area contributed by atoms with Gasteiger partial charge in [0, 0.05) is 0 Å². The minimum atomic E-state index is -1.24. The Kier molecular flexibility index (Phi) is 4.03. The highest BCUT2D eigenvalue weighted by molar-refractivity contribution is 5.70. The molecule has 1 aliphatic carbocycles. The lowest BCUT2D eigenvalue weighted by Crippen LogP contribution is -2.42. The van der Waals surface area contributed by atoms with Gasteiger partial charge in [0.2, 0.25) is 0 Å². The maximum Gasteiger partial charge on any atom is 0.348 e. The maximum absolute atomic E-state index is 11.6. The number of aliphatic hydroxyl groups is 1. The Morgan fingerprint density at radius 3 is 2.67 bits per heavy atom. The first-order valence-electron chi connectivity index (χ1n) is 6.47. The predicted molar refractivity (Wildman–Crippen MR) is 69.7 cm³/mol. The summed E-state index contributed by atoms with van der Waals surface area (Å²) in [4.78, 5) is 35.9. The molecule has 9 heteroatoms. The topological polar surface area (TPSA) is 136 Å². The van der Waals surface area contributed by atoms with E-state index in [0.717, 1.165) is 17.0 Å². The molecule has 0 bridgehead atoms. The summed E-state index contributed by atoms with van der Waals surface area (Å²) in [6.45, 7) is -0.132. The van der Waals surface area contributed by atoms with E-state index < -0.39 is 28.1 Å². The van der Waals surface area contributed by atoms with Gasteiger partial charge in [-0.2, -0.15) is 4.98 Å². The molecule has 0 radical (unpaired) electrons. The number of nitro groups is 1. The molecule has 0 spiro atoms. The molecule has 1 saturated carbocycles. The van der Waals surface area contributed by atoms with Crippen LogP contribution in [0.1, 0.15) is 25.7 Å². The van der Waals surface area contributed by atoms with Gasteiger partial charge in [-0.05, 0) is 25.7 Å². The van der Waals surface area contributed by atoms with Crippen LogP contribution in [0.5, 0.6) is 0 Å².